The third-order valence-corrected chi connectivity index (χ3v) is 5.03. The number of aryl methyl sites for hydroxylation is 1. The fourth-order valence-electron chi connectivity index (χ4n) is 2.70. The number of carbonyl (C=O) groups excluding carboxylic acids is 1. The SMILES string of the molecule is CNC(=O)C1(C)CCN(Cc2cc(C(=O)O)sc2C)C1. The van der Waals surface area contributed by atoms with Crippen molar-refractivity contribution in [1.82, 2.24) is 10.2 Å². The molecule has 1 aromatic rings. The van der Waals surface area contributed by atoms with Crippen molar-refractivity contribution in [1.29, 1.82) is 0 Å². The van der Waals surface area contributed by atoms with Crippen LogP contribution in [-0.4, -0.2) is 42.0 Å². The molecule has 1 atom stereocenters. The second kappa shape index (κ2) is 5.54. The van der Waals surface area contributed by atoms with E-state index in [-0.39, 0.29) is 11.3 Å². The Morgan fingerprint density at radius 2 is 2.25 bits per heavy atom. The molecule has 0 aliphatic carbocycles. The predicted octanol–water partition coefficient (Wildman–Crippen LogP) is 1.71. The number of aromatic carboxylic acids is 1. The summed E-state index contributed by atoms with van der Waals surface area (Å²) in [5, 5.41) is 11.7. The molecule has 5 nitrogen and oxygen atoms in total. The van der Waals surface area contributed by atoms with Gasteiger partial charge in [0, 0.05) is 25.0 Å². The number of hydrogen-bond acceptors (Lipinski definition) is 4. The highest BCUT2D eigenvalue weighted by Crippen LogP contribution is 2.32. The van der Waals surface area contributed by atoms with Crippen LogP contribution in [0.5, 0.6) is 0 Å². The van der Waals surface area contributed by atoms with Gasteiger partial charge in [-0.1, -0.05) is 0 Å². The lowest BCUT2D eigenvalue weighted by Crippen LogP contribution is -2.39. The van der Waals surface area contributed by atoms with Crippen LogP contribution in [0.2, 0.25) is 0 Å². The molecule has 1 aliphatic heterocycles. The first-order chi connectivity index (χ1) is 9.35. The molecular weight excluding hydrogens is 276 g/mol. The number of likely N-dealkylation sites (tertiary alicyclic amines) is 1. The van der Waals surface area contributed by atoms with E-state index in [9.17, 15) is 9.59 Å². The molecule has 2 heterocycles. The molecule has 2 N–H and O–H groups in total. The van der Waals surface area contributed by atoms with Crippen LogP contribution in [0.15, 0.2) is 6.07 Å². The standard InChI is InChI=1S/C14H20N2O3S/c1-9-10(6-11(20-9)12(17)18)7-16-5-4-14(2,8-16)13(19)15-3/h6H,4-5,7-8H2,1-3H3,(H,15,19)(H,17,18). The molecule has 1 saturated heterocycles. The Labute approximate surface area is 122 Å². The monoisotopic (exact) mass is 296 g/mol. The summed E-state index contributed by atoms with van der Waals surface area (Å²) in [6.45, 7) is 6.21. The van der Waals surface area contributed by atoms with Gasteiger partial charge in [0.15, 0.2) is 0 Å². The summed E-state index contributed by atoms with van der Waals surface area (Å²) in [4.78, 5) is 26.5. The van der Waals surface area contributed by atoms with Crippen molar-refractivity contribution in [3.63, 3.8) is 0 Å². The summed E-state index contributed by atoms with van der Waals surface area (Å²) in [6, 6.07) is 1.75. The lowest BCUT2D eigenvalue weighted by atomic mass is 9.89. The maximum Gasteiger partial charge on any atom is 0.345 e. The predicted molar refractivity (Wildman–Crippen MR) is 78.1 cm³/mol. The number of rotatable bonds is 4. The number of carboxylic acid groups (broad SMARTS) is 1. The van der Waals surface area contributed by atoms with E-state index >= 15 is 0 Å². The largest absolute Gasteiger partial charge is 0.477 e. The average molecular weight is 296 g/mol. The molecule has 6 heteroatoms. The fourth-order valence-corrected chi connectivity index (χ4v) is 3.57. The van der Waals surface area contributed by atoms with Crippen LogP contribution in [0.1, 0.15) is 33.5 Å². The molecule has 0 saturated carbocycles. The summed E-state index contributed by atoms with van der Waals surface area (Å²) in [6.07, 6.45) is 0.835. The average Bonchev–Trinajstić information content (AvgIpc) is 2.94. The molecule has 1 amide bonds. The highest BCUT2D eigenvalue weighted by molar-refractivity contribution is 7.14. The molecule has 2 rings (SSSR count). The number of nitrogens with one attached hydrogen (secondary N) is 1. The van der Waals surface area contributed by atoms with Gasteiger partial charge < -0.3 is 10.4 Å². The van der Waals surface area contributed by atoms with E-state index in [1.807, 2.05) is 13.8 Å². The molecule has 0 bridgehead atoms. The fraction of sp³-hybridized carbons (Fsp3) is 0.571. The Morgan fingerprint density at radius 1 is 1.55 bits per heavy atom. The molecular formula is C14H20N2O3S. The van der Waals surface area contributed by atoms with Crippen LogP contribution in [0.25, 0.3) is 0 Å². The van der Waals surface area contributed by atoms with Crippen LogP contribution < -0.4 is 5.32 Å². The molecule has 1 aromatic heterocycles. The Balaban J connectivity index is 2.06. The van der Waals surface area contributed by atoms with E-state index in [0.717, 1.165) is 23.4 Å². The van der Waals surface area contributed by atoms with E-state index in [2.05, 4.69) is 10.2 Å². The van der Waals surface area contributed by atoms with Crippen molar-refractivity contribution in [3.05, 3.63) is 21.4 Å². The first-order valence-corrected chi connectivity index (χ1v) is 7.44. The first-order valence-electron chi connectivity index (χ1n) is 6.63. The van der Waals surface area contributed by atoms with E-state index in [1.165, 1.54) is 11.3 Å². The summed E-state index contributed by atoms with van der Waals surface area (Å²) < 4.78 is 0. The van der Waals surface area contributed by atoms with Gasteiger partial charge in [0.05, 0.1) is 5.41 Å². The third kappa shape index (κ3) is 2.86. The zero-order valence-corrected chi connectivity index (χ0v) is 12.8. The van der Waals surface area contributed by atoms with Crippen molar-refractivity contribution in [2.75, 3.05) is 20.1 Å². The maximum atomic E-state index is 11.9. The van der Waals surface area contributed by atoms with Crippen molar-refractivity contribution >= 4 is 23.2 Å². The van der Waals surface area contributed by atoms with Gasteiger partial charge in [-0.25, -0.2) is 4.79 Å². The Hall–Kier alpha value is -1.40. The van der Waals surface area contributed by atoms with Gasteiger partial charge in [-0.05, 0) is 38.4 Å². The molecule has 0 spiro atoms. The van der Waals surface area contributed by atoms with Crippen LogP contribution in [-0.2, 0) is 11.3 Å². The number of thiophene rings is 1. The normalized spacial score (nSPS) is 22.9. The second-order valence-corrected chi connectivity index (χ2v) is 6.85. The summed E-state index contributed by atoms with van der Waals surface area (Å²) >= 11 is 1.31. The van der Waals surface area contributed by atoms with Gasteiger partial charge >= 0.3 is 5.97 Å². The zero-order valence-electron chi connectivity index (χ0n) is 12.0. The molecule has 0 radical (unpaired) electrons. The van der Waals surface area contributed by atoms with Crippen molar-refractivity contribution in [2.24, 2.45) is 5.41 Å². The Bertz CT molecular complexity index is 541. The number of carboxylic acids is 1. The van der Waals surface area contributed by atoms with E-state index in [1.54, 1.807) is 13.1 Å². The van der Waals surface area contributed by atoms with Gasteiger partial charge in [0.1, 0.15) is 4.88 Å². The topological polar surface area (TPSA) is 69.6 Å². The summed E-state index contributed by atoms with van der Waals surface area (Å²) in [5.41, 5.74) is 0.711. The number of nitrogens with zero attached hydrogens (tertiary/aromatic N) is 1. The van der Waals surface area contributed by atoms with Crippen LogP contribution in [0, 0.1) is 12.3 Å². The highest BCUT2D eigenvalue weighted by atomic mass is 32.1. The molecule has 1 unspecified atom stereocenters. The van der Waals surface area contributed by atoms with E-state index < -0.39 is 5.97 Å². The molecule has 20 heavy (non-hydrogen) atoms. The minimum Gasteiger partial charge on any atom is -0.477 e. The van der Waals surface area contributed by atoms with Crippen molar-refractivity contribution in [2.45, 2.75) is 26.8 Å². The van der Waals surface area contributed by atoms with Gasteiger partial charge in [0.25, 0.3) is 0 Å². The van der Waals surface area contributed by atoms with Gasteiger partial charge in [0.2, 0.25) is 5.91 Å². The lowest BCUT2D eigenvalue weighted by Gasteiger charge is -2.22. The van der Waals surface area contributed by atoms with Crippen molar-refractivity contribution in [3.8, 4) is 0 Å². The number of amides is 1. The summed E-state index contributed by atoms with van der Waals surface area (Å²) in [5.74, 6) is -0.797. The van der Waals surface area contributed by atoms with Crippen LogP contribution in [0.4, 0.5) is 0 Å². The third-order valence-electron chi connectivity index (χ3n) is 3.95. The van der Waals surface area contributed by atoms with Gasteiger partial charge in [-0.15, -0.1) is 11.3 Å². The summed E-state index contributed by atoms with van der Waals surface area (Å²) in [7, 11) is 1.67. The number of hydrogen-bond donors (Lipinski definition) is 2. The smallest absolute Gasteiger partial charge is 0.345 e. The highest BCUT2D eigenvalue weighted by Gasteiger charge is 2.39. The van der Waals surface area contributed by atoms with E-state index in [0.29, 0.717) is 18.0 Å². The minimum absolute atomic E-state index is 0.0771. The van der Waals surface area contributed by atoms with Crippen LogP contribution in [0.3, 0.4) is 0 Å². The zero-order chi connectivity index (χ0) is 14.9. The van der Waals surface area contributed by atoms with E-state index in [4.69, 9.17) is 5.11 Å². The quantitative estimate of drug-likeness (QED) is 0.887. The lowest BCUT2D eigenvalue weighted by molar-refractivity contribution is -0.129. The van der Waals surface area contributed by atoms with Crippen LogP contribution >= 0.6 is 11.3 Å². The second-order valence-electron chi connectivity index (χ2n) is 5.60. The molecule has 0 aromatic carbocycles. The number of carbonyl (C=O) groups is 2. The van der Waals surface area contributed by atoms with Gasteiger partial charge in [-0.2, -0.15) is 0 Å². The Kier molecular flexibility index (Phi) is 4.15. The maximum absolute atomic E-state index is 11.9. The molecule has 1 fully saturated rings. The minimum atomic E-state index is -0.874. The molecule has 1 aliphatic rings. The van der Waals surface area contributed by atoms with Gasteiger partial charge in [-0.3, -0.25) is 9.69 Å². The first kappa shape index (κ1) is 15.0. The Morgan fingerprint density at radius 3 is 2.80 bits per heavy atom. The molecule has 110 valence electrons. The van der Waals surface area contributed by atoms with Crippen molar-refractivity contribution < 1.29 is 14.7 Å².